The number of nitrogens with zero attached hydrogens (tertiary/aromatic N) is 1. The van der Waals surface area contributed by atoms with Crippen molar-refractivity contribution in [3.63, 3.8) is 0 Å². The van der Waals surface area contributed by atoms with Crippen molar-refractivity contribution in [2.75, 3.05) is 6.61 Å². The number of aliphatic hydroxyl groups excluding tert-OH is 1. The summed E-state index contributed by atoms with van der Waals surface area (Å²) in [6.07, 6.45) is 1.47. The number of carbonyl (C=O) groups excluding carboxylic acids is 1. The molecule has 0 radical (unpaired) electrons. The molecule has 4 rings (SSSR count). The minimum Gasteiger partial charge on any atom is -0.450 e. The first-order chi connectivity index (χ1) is 7.71. The molecule has 1 spiro atoms. The van der Waals surface area contributed by atoms with Gasteiger partial charge >= 0.3 is 6.09 Å². The van der Waals surface area contributed by atoms with Crippen molar-refractivity contribution in [2.24, 2.45) is 5.92 Å². The minimum atomic E-state index is -0.285. The molecule has 0 aromatic rings. The molecule has 5 nitrogen and oxygen atoms in total. The number of fused-ring (bicyclic) bond motifs is 2. The molecule has 4 aliphatic rings. The Hall–Kier alpha value is -0.810. The summed E-state index contributed by atoms with van der Waals surface area (Å²) in [6.45, 7) is 2.21. The number of amides is 1. The smallest absolute Gasteiger partial charge is 0.410 e. The van der Waals surface area contributed by atoms with Gasteiger partial charge in [0.15, 0.2) is 0 Å². The van der Waals surface area contributed by atoms with Gasteiger partial charge in [0.2, 0.25) is 0 Å². The number of carbonyl (C=O) groups is 1. The van der Waals surface area contributed by atoms with Crippen molar-refractivity contribution >= 4 is 6.09 Å². The SMILES string of the molecule is CCOC(=O)N1C2CC(O)CC3C4OC4C321. The van der Waals surface area contributed by atoms with Crippen LogP contribution in [0.5, 0.6) is 0 Å². The lowest BCUT2D eigenvalue weighted by Gasteiger charge is -2.36. The summed E-state index contributed by atoms with van der Waals surface area (Å²) < 4.78 is 10.6. The van der Waals surface area contributed by atoms with Crippen LogP contribution in [0.4, 0.5) is 4.79 Å². The van der Waals surface area contributed by atoms with E-state index in [0.717, 1.165) is 6.42 Å². The molecule has 2 saturated heterocycles. The quantitative estimate of drug-likeness (QED) is 0.644. The van der Waals surface area contributed by atoms with Gasteiger partial charge in [-0.25, -0.2) is 4.79 Å². The summed E-state index contributed by atoms with van der Waals surface area (Å²) in [6, 6.07) is 0.157. The predicted molar refractivity (Wildman–Crippen MR) is 52.8 cm³/mol. The second kappa shape index (κ2) is 2.54. The highest BCUT2D eigenvalue weighted by Gasteiger charge is 2.90. The molecule has 1 N–H and O–H groups in total. The van der Waals surface area contributed by atoms with Gasteiger partial charge in [-0.2, -0.15) is 0 Å². The maximum atomic E-state index is 11.8. The zero-order valence-corrected chi connectivity index (χ0v) is 9.13. The van der Waals surface area contributed by atoms with Crippen LogP contribution in [-0.2, 0) is 9.47 Å². The van der Waals surface area contributed by atoms with Gasteiger partial charge in [0.05, 0.1) is 24.9 Å². The van der Waals surface area contributed by atoms with Gasteiger partial charge in [-0.05, 0) is 19.8 Å². The Bertz CT molecular complexity index is 373. The minimum absolute atomic E-state index is 0.0872. The van der Waals surface area contributed by atoms with E-state index in [9.17, 15) is 9.90 Å². The number of hydrogen-bond acceptors (Lipinski definition) is 4. The molecular weight excluding hydrogens is 210 g/mol. The lowest BCUT2D eigenvalue weighted by molar-refractivity contribution is 0.0702. The normalized spacial score (nSPS) is 55.4. The zero-order valence-electron chi connectivity index (χ0n) is 9.13. The van der Waals surface area contributed by atoms with Crippen LogP contribution in [0.3, 0.4) is 0 Å². The van der Waals surface area contributed by atoms with Crippen LogP contribution < -0.4 is 0 Å². The highest BCUT2D eigenvalue weighted by atomic mass is 16.6. The Morgan fingerprint density at radius 1 is 1.62 bits per heavy atom. The summed E-state index contributed by atoms with van der Waals surface area (Å²) in [5.74, 6) is 0.343. The van der Waals surface area contributed by atoms with Crippen LogP contribution in [0, 0.1) is 5.92 Å². The highest BCUT2D eigenvalue weighted by molar-refractivity contribution is 5.76. The van der Waals surface area contributed by atoms with Crippen LogP contribution in [0.2, 0.25) is 0 Å². The van der Waals surface area contributed by atoms with E-state index in [1.807, 2.05) is 11.8 Å². The number of ether oxygens (including phenoxy) is 2. The molecule has 2 heterocycles. The molecule has 5 heteroatoms. The van der Waals surface area contributed by atoms with Gasteiger partial charge in [0.1, 0.15) is 11.6 Å². The van der Waals surface area contributed by atoms with E-state index in [2.05, 4.69) is 0 Å². The lowest BCUT2D eigenvalue weighted by atomic mass is 9.64. The Morgan fingerprint density at radius 3 is 3.19 bits per heavy atom. The average molecular weight is 225 g/mol. The summed E-state index contributed by atoms with van der Waals surface area (Å²) in [7, 11) is 0. The fourth-order valence-electron chi connectivity index (χ4n) is 4.03. The highest BCUT2D eigenvalue weighted by Crippen LogP contribution is 2.72. The zero-order chi connectivity index (χ0) is 11.1. The van der Waals surface area contributed by atoms with E-state index in [1.165, 1.54) is 0 Å². The van der Waals surface area contributed by atoms with Gasteiger partial charge in [-0.1, -0.05) is 0 Å². The molecule has 2 saturated carbocycles. The molecule has 2 aliphatic heterocycles. The first-order valence-electron chi connectivity index (χ1n) is 6.00. The van der Waals surface area contributed by atoms with E-state index in [4.69, 9.17) is 9.47 Å². The molecule has 0 bridgehead atoms. The van der Waals surface area contributed by atoms with Crippen LogP contribution in [0.25, 0.3) is 0 Å². The van der Waals surface area contributed by atoms with Gasteiger partial charge in [-0.3, -0.25) is 4.90 Å². The first kappa shape index (κ1) is 9.24. The third kappa shape index (κ3) is 0.778. The molecule has 0 aromatic heterocycles. The topological polar surface area (TPSA) is 62.1 Å². The standard InChI is InChI=1S/C11H15NO4/c1-2-15-10(14)12-7-4-5(13)3-6-8-9(16-8)11(6,7)12/h5-9,13H,2-4H2,1H3. The molecule has 0 aromatic carbocycles. The average Bonchev–Trinajstić information content (AvgIpc) is 3.06. The van der Waals surface area contributed by atoms with Gasteiger partial charge in [0, 0.05) is 5.92 Å². The fraction of sp³-hybridized carbons (Fsp3) is 0.909. The lowest BCUT2D eigenvalue weighted by Crippen LogP contribution is -2.54. The summed E-state index contributed by atoms with van der Waals surface area (Å²) >= 11 is 0. The molecule has 4 fully saturated rings. The molecule has 1 amide bonds. The van der Waals surface area contributed by atoms with Crippen molar-refractivity contribution in [1.82, 2.24) is 4.90 Å². The third-order valence-electron chi connectivity index (χ3n) is 4.65. The Kier molecular flexibility index (Phi) is 1.47. The molecule has 16 heavy (non-hydrogen) atoms. The predicted octanol–water partition coefficient (Wildman–Crippen LogP) is 0.118. The largest absolute Gasteiger partial charge is 0.450 e. The second-order valence-corrected chi connectivity index (χ2v) is 5.23. The number of epoxide rings is 1. The number of aliphatic hydroxyl groups is 1. The number of likely N-dealkylation sites (tertiary alicyclic amines) is 1. The van der Waals surface area contributed by atoms with Crippen molar-refractivity contribution in [2.45, 2.75) is 49.7 Å². The van der Waals surface area contributed by atoms with Crippen molar-refractivity contribution in [3.05, 3.63) is 0 Å². The monoisotopic (exact) mass is 225 g/mol. The van der Waals surface area contributed by atoms with Gasteiger partial charge in [-0.15, -0.1) is 0 Å². The Labute approximate surface area is 93.3 Å². The maximum Gasteiger partial charge on any atom is 0.410 e. The molecule has 2 aliphatic carbocycles. The maximum absolute atomic E-state index is 11.8. The van der Waals surface area contributed by atoms with Gasteiger partial charge < -0.3 is 14.6 Å². The first-order valence-corrected chi connectivity index (χ1v) is 6.00. The van der Waals surface area contributed by atoms with E-state index in [-0.39, 0.29) is 29.9 Å². The van der Waals surface area contributed by atoms with Crippen molar-refractivity contribution in [3.8, 4) is 0 Å². The number of hydrogen-bond donors (Lipinski definition) is 1. The van der Waals surface area contributed by atoms with E-state index in [0.29, 0.717) is 25.0 Å². The molecule has 6 atom stereocenters. The number of rotatable bonds is 1. The Morgan fingerprint density at radius 2 is 2.44 bits per heavy atom. The molecular formula is C11H15NO4. The van der Waals surface area contributed by atoms with Gasteiger partial charge in [0.25, 0.3) is 0 Å². The van der Waals surface area contributed by atoms with Crippen molar-refractivity contribution in [1.29, 1.82) is 0 Å². The van der Waals surface area contributed by atoms with Crippen LogP contribution >= 0.6 is 0 Å². The fourth-order valence-corrected chi connectivity index (χ4v) is 4.03. The summed E-state index contributed by atoms with van der Waals surface area (Å²) in [4.78, 5) is 13.6. The summed E-state index contributed by atoms with van der Waals surface area (Å²) in [5.41, 5.74) is -0.0872. The van der Waals surface area contributed by atoms with Crippen LogP contribution in [-0.4, -0.2) is 52.6 Å². The third-order valence-corrected chi connectivity index (χ3v) is 4.65. The van der Waals surface area contributed by atoms with E-state index in [1.54, 1.807) is 0 Å². The molecule has 88 valence electrons. The van der Waals surface area contributed by atoms with Crippen LogP contribution in [0.1, 0.15) is 19.8 Å². The second-order valence-electron chi connectivity index (χ2n) is 5.23. The van der Waals surface area contributed by atoms with E-state index >= 15 is 0 Å². The summed E-state index contributed by atoms with van der Waals surface area (Å²) in [5, 5.41) is 9.76. The van der Waals surface area contributed by atoms with Crippen LogP contribution in [0.15, 0.2) is 0 Å². The van der Waals surface area contributed by atoms with E-state index < -0.39 is 0 Å². The molecule has 6 unspecified atom stereocenters. The van der Waals surface area contributed by atoms with Crippen molar-refractivity contribution < 1.29 is 19.4 Å². The Balaban J connectivity index is 1.61.